The number of carbonyl (C=O) groups excluding carboxylic acids is 1. The van der Waals surface area contributed by atoms with Crippen molar-refractivity contribution in [3.63, 3.8) is 0 Å². The summed E-state index contributed by atoms with van der Waals surface area (Å²) in [7, 11) is 0. The first-order valence-corrected chi connectivity index (χ1v) is 8.48. The molecule has 134 valence electrons. The van der Waals surface area contributed by atoms with Gasteiger partial charge in [0.25, 0.3) is 0 Å². The Morgan fingerprint density at radius 2 is 2.08 bits per heavy atom. The minimum atomic E-state index is -0.983. The lowest BCUT2D eigenvalue weighted by molar-refractivity contribution is -0.132. The van der Waals surface area contributed by atoms with Crippen LogP contribution in [0, 0.1) is 0 Å². The van der Waals surface area contributed by atoms with E-state index in [4.69, 9.17) is 9.84 Å². The number of carbonyl (C=O) groups is 1. The number of aliphatic hydroxyl groups is 2. The minimum Gasteiger partial charge on any atom is -0.493 e. The Bertz CT molecular complexity index is 702. The van der Waals surface area contributed by atoms with Crippen LogP contribution in [-0.2, 0) is 17.9 Å². The van der Waals surface area contributed by atoms with Crippen LogP contribution in [0.3, 0.4) is 0 Å². The normalized spacial score (nSPS) is 15.4. The molecular formula is C18H23N3O4. The van der Waals surface area contributed by atoms with Crippen molar-refractivity contribution in [1.82, 2.24) is 14.7 Å². The largest absolute Gasteiger partial charge is 0.493 e. The number of hydrogen-bond donors (Lipinski definition) is 2. The smallest absolute Gasteiger partial charge is 0.226 e. The standard InChI is InChI=1S/C18H23N3O4/c22-13-17(23)16-11-14-12-20(8-4-9-21(14)19-16)18(24)7-10-25-15-5-2-1-3-6-15/h1-3,5-6,11,17,22-23H,4,7-10,12-13H2. The van der Waals surface area contributed by atoms with E-state index in [1.165, 1.54) is 0 Å². The molecule has 3 rings (SSSR count). The highest BCUT2D eigenvalue weighted by molar-refractivity contribution is 5.76. The second kappa shape index (κ2) is 8.13. The highest BCUT2D eigenvalue weighted by Gasteiger charge is 2.22. The van der Waals surface area contributed by atoms with Crippen molar-refractivity contribution in [2.45, 2.75) is 32.0 Å². The topological polar surface area (TPSA) is 87.8 Å². The molecular weight excluding hydrogens is 322 g/mol. The first-order chi connectivity index (χ1) is 12.2. The van der Waals surface area contributed by atoms with Gasteiger partial charge >= 0.3 is 0 Å². The molecule has 1 aromatic heterocycles. The fourth-order valence-electron chi connectivity index (χ4n) is 2.88. The lowest BCUT2D eigenvalue weighted by Crippen LogP contribution is -2.31. The number of aromatic nitrogens is 2. The van der Waals surface area contributed by atoms with Crippen molar-refractivity contribution >= 4 is 5.91 Å². The van der Waals surface area contributed by atoms with Crippen LogP contribution < -0.4 is 4.74 Å². The Kier molecular flexibility index (Phi) is 5.67. The van der Waals surface area contributed by atoms with Crippen LogP contribution in [0.1, 0.15) is 30.3 Å². The van der Waals surface area contributed by atoms with Crippen LogP contribution in [0.5, 0.6) is 5.75 Å². The fourth-order valence-corrected chi connectivity index (χ4v) is 2.88. The molecule has 1 unspecified atom stereocenters. The van der Waals surface area contributed by atoms with Crippen LogP contribution >= 0.6 is 0 Å². The second-order valence-corrected chi connectivity index (χ2v) is 6.06. The molecule has 7 nitrogen and oxygen atoms in total. The summed E-state index contributed by atoms with van der Waals surface area (Å²) in [5.74, 6) is 0.793. The van der Waals surface area contributed by atoms with Crippen LogP contribution in [0.25, 0.3) is 0 Å². The predicted molar refractivity (Wildman–Crippen MR) is 90.9 cm³/mol. The summed E-state index contributed by atoms with van der Waals surface area (Å²) in [5, 5.41) is 23.1. The molecule has 1 atom stereocenters. The van der Waals surface area contributed by atoms with Gasteiger partial charge in [-0.3, -0.25) is 9.48 Å². The third kappa shape index (κ3) is 4.37. The molecule has 0 aliphatic carbocycles. The maximum atomic E-state index is 12.5. The quantitative estimate of drug-likeness (QED) is 0.819. The maximum Gasteiger partial charge on any atom is 0.226 e. The molecule has 7 heteroatoms. The van der Waals surface area contributed by atoms with Gasteiger partial charge in [0.2, 0.25) is 5.91 Å². The van der Waals surface area contributed by atoms with Gasteiger partial charge in [-0.1, -0.05) is 18.2 Å². The Morgan fingerprint density at radius 1 is 1.28 bits per heavy atom. The number of nitrogens with zero attached hydrogens (tertiary/aromatic N) is 3. The van der Waals surface area contributed by atoms with Crippen molar-refractivity contribution in [2.75, 3.05) is 19.8 Å². The average molecular weight is 345 g/mol. The zero-order valence-corrected chi connectivity index (χ0v) is 14.0. The summed E-state index contributed by atoms with van der Waals surface area (Å²) in [6, 6.07) is 11.2. The Hall–Kier alpha value is -2.38. The van der Waals surface area contributed by atoms with Crippen molar-refractivity contribution in [2.24, 2.45) is 0 Å². The Balaban J connectivity index is 1.57. The molecule has 0 bridgehead atoms. The predicted octanol–water partition coefficient (Wildman–Crippen LogP) is 1.11. The minimum absolute atomic E-state index is 0.0369. The van der Waals surface area contributed by atoms with Gasteiger partial charge in [0, 0.05) is 13.1 Å². The van der Waals surface area contributed by atoms with Gasteiger partial charge in [0.05, 0.1) is 37.6 Å². The molecule has 1 aliphatic rings. The molecule has 2 heterocycles. The summed E-state index contributed by atoms with van der Waals surface area (Å²) >= 11 is 0. The average Bonchev–Trinajstić information content (AvgIpc) is 2.93. The zero-order chi connectivity index (χ0) is 17.6. The van der Waals surface area contributed by atoms with Crippen molar-refractivity contribution < 1.29 is 19.7 Å². The zero-order valence-electron chi connectivity index (χ0n) is 14.0. The van der Waals surface area contributed by atoms with E-state index in [1.807, 2.05) is 35.0 Å². The number of aliphatic hydroxyl groups excluding tert-OH is 2. The van der Waals surface area contributed by atoms with Gasteiger partial charge < -0.3 is 19.8 Å². The number of para-hydroxylation sites is 1. The first kappa shape index (κ1) is 17.4. The molecule has 0 radical (unpaired) electrons. The number of amides is 1. The SMILES string of the molecule is O=C(CCOc1ccccc1)N1CCCn2nc(C(O)CO)cc2C1. The van der Waals surface area contributed by atoms with Gasteiger partial charge in [-0.05, 0) is 24.6 Å². The Labute approximate surface area is 146 Å². The lowest BCUT2D eigenvalue weighted by atomic mass is 10.2. The van der Waals surface area contributed by atoms with Crippen molar-refractivity contribution in [1.29, 1.82) is 0 Å². The van der Waals surface area contributed by atoms with E-state index < -0.39 is 6.10 Å². The molecule has 1 aromatic carbocycles. The van der Waals surface area contributed by atoms with E-state index in [0.717, 1.165) is 17.9 Å². The van der Waals surface area contributed by atoms with Gasteiger partial charge in [-0.15, -0.1) is 0 Å². The van der Waals surface area contributed by atoms with Crippen LogP contribution in [0.4, 0.5) is 0 Å². The number of ether oxygens (including phenoxy) is 1. The summed E-state index contributed by atoms with van der Waals surface area (Å²) < 4.78 is 7.40. The van der Waals surface area contributed by atoms with Gasteiger partial charge in [-0.2, -0.15) is 5.10 Å². The molecule has 0 saturated carbocycles. The van der Waals surface area contributed by atoms with Crippen LogP contribution in [-0.4, -0.2) is 50.6 Å². The molecule has 2 N–H and O–H groups in total. The van der Waals surface area contributed by atoms with Crippen molar-refractivity contribution in [3.05, 3.63) is 47.8 Å². The van der Waals surface area contributed by atoms with Crippen molar-refractivity contribution in [3.8, 4) is 5.75 Å². The first-order valence-electron chi connectivity index (χ1n) is 8.48. The third-order valence-corrected chi connectivity index (χ3v) is 4.23. The highest BCUT2D eigenvalue weighted by atomic mass is 16.5. The Morgan fingerprint density at radius 3 is 2.84 bits per heavy atom. The summed E-state index contributed by atoms with van der Waals surface area (Å²) in [6.07, 6.45) is 0.131. The molecule has 1 amide bonds. The molecule has 0 saturated heterocycles. The molecule has 1 aliphatic heterocycles. The molecule has 25 heavy (non-hydrogen) atoms. The van der Waals surface area contributed by atoms with Gasteiger partial charge in [0.1, 0.15) is 11.9 Å². The third-order valence-electron chi connectivity index (χ3n) is 4.23. The second-order valence-electron chi connectivity index (χ2n) is 6.06. The number of hydrogen-bond acceptors (Lipinski definition) is 5. The van der Waals surface area contributed by atoms with Crippen LogP contribution in [0.2, 0.25) is 0 Å². The summed E-state index contributed by atoms with van der Waals surface area (Å²) in [5.41, 5.74) is 1.32. The number of benzene rings is 1. The van der Waals surface area contributed by atoms with E-state index in [0.29, 0.717) is 38.4 Å². The van der Waals surface area contributed by atoms with E-state index >= 15 is 0 Å². The number of rotatable bonds is 6. The number of fused-ring (bicyclic) bond motifs is 1. The van der Waals surface area contributed by atoms with E-state index in [1.54, 1.807) is 11.0 Å². The van der Waals surface area contributed by atoms with E-state index in [-0.39, 0.29) is 12.5 Å². The van der Waals surface area contributed by atoms with E-state index in [2.05, 4.69) is 5.10 Å². The monoisotopic (exact) mass is 345 g/mol. The fraction of sp³-hybridized carbons (Fsp3) is 0.444. The van der Waals surface area contributed by atoms with Gasteiger partial charge in [-0.25, -0.2) is 0 Å². The van der Waals surface area contributed by atoms with Crippen LogP contribution in [0.15, 0.2) is 36.4 Å². The summed E-state index contributed by atoms with van der Waals surface area (Å²) in [6.45, 7) is 1.79. The molecule has 2 aromatic rings. The summed E-state index contributed by atoms with van der Waals surface area (Å²) in [4.78, 5) is 14.3. The maximum absolute atomic E-state index is 12.5. The van der Waals surface area contributed by atoms with Gasteiger partial charge in [0.15, 0.2) is 0 Å². The lowest BCUT2D eigenvalue weighted by Gasteiger charge is -2.20. The number of aryl methyl sites for hydroxylation is 1. The highest BCUT2D eigenvalue weighted by Crippen LogP contribution is 2.18. The molecule has 0 fully saturated rings. The molecule has 0 spiro atoms. The van der Waals surface area contributed by atoms with E-state index in [9.17, 15) is 9.90 Å².